The van der Waals surface area contributed by atoms with Gasteiger partial charge in [-0.3, -0.25) is 4.79 Å². The zero-order chi connectivity index (χ0) is 14.7. The normalized spacial score (nSPS) is 12.0. The number of aromatic nitrogens is 1. The number of thiazole rings is 1. The first-order valence-electron chi connectivity index (χ1n) is 6.05. The summed E-state index contributed by atoms with van der Waals surface area (Å²) < 4.78 is 19.0. The van der Waals surface area contributed by atoms with Gasteiger partial charge in [0, 0.05) is 18.6 Å². The monoisotopic (exact) mass is 294 g/mol. The second-order valence-corrected chi connectivity index (χ2v) is 5.21. The molecule has 0 unspecified atom stereocenters. The summed E-state index contributed by atoms with van der Waals surface area (Å²) in [5.41, 5.74) is -0.0547. The van der Waals surface area contributed by atoms with E-state index in [2.05, 4.69) is 4.98 Å². The van der Waals surface area contributed by atoms with Crippen molar-refractivity contribution in [1.82, 2.24) is 9.88 Å². The third-order valence-corrected chi connectivity index (χ3v) is 4.07. The number of hydrogen-bond donors (Lipinski definition) is 0. The van der Waals surface area contributed by atoms with Crippen molar-refractivity contribution < 1.29 is 13.9 Å². The molecule has 1 atom stereocenters. The molecular formula is C14H15FN2O2S. The molecule has 0 aliphatic rings. The van der Waals surface area contributed by atoms with Gasteiger partial charge in [-0.2, -0.15) is 0 Å². The van der Waals surface area contributed by atoms with Gasteiger partial charge in [0.15, 0.2) is 0 Å². The van der Waals surface area contributed by atoms with Gasteiger partial charge in [-0.15, -0.1) is 11.3 Å². The molecule has 1 aromatic carbocycles. The fourth-order valence-corrected chi connectivity index (χ4v) is 2.58. The topological polar surface area (TPSA) is 42.4 Å². The third-order valence-electron chi connectivity index (χ3n) is 3.12. The lowest BCUT2D eigenvalue weighted by Crippen LogP contribution is -2.30. The van der Waals surface area contributed by atoms with Crippen LogP contribution < -0.4 is 4.74 Å². The number of hydrogen-bond acceptors (Lipinski definition) is 4. The van der Waals surface area contributed by atoms with Crippen LogP contribution in [0.5, 0.6) is 5.75 Å². The minimum absolute atomic E-state index is 0.0547. The maximum atomic E-state index is 13.9. The third kappa shape index (κ3) is 2.65. The molecule has 0 aliphatic heterocycles. The number of nitrogens with zero attached hydrogens (tertiary/aromatic N) is 2. The molecule has 0 fully saturated rings. The van der Waals surface area contributed by atoms with Crippen LogP contribution in [-0.2, 0) is 0 Å². The summed E-state index contributed by atoms with van der Waals surface area (Å²) in [6, 6.07) is 4.09. The van der Waals surface area contributed by atoms with Crippen molar-refractivity contribution in [1.29, 1.82) is 0 Å². The Labute approximate surface area is 120 Å². The zero-order valence-electron chi connectivity index (χ0n) is 11.5. The van der Waals surface area contributed by atoms with Crippen molar-refractivity contribution in [3.8, 4) is 5.75 Å². The van der Waals surface area contributed by atoms with Crippen molar-refractivity contribution in [3.63, 3.8) is 0 Å². The van der Waals surface area contributed by atoms with E-state index in [1.807, 2.05) is 12.3 Å². The number of rotatable bonds is 4. The number of carbonyl (C=O) groups is 1. The van der Waals surface area contributed by atoms with E-state index in [-0.39, 0.29) is 17.4 Å². The van der Waals surface area contributed by atoms with Crippen LogP contribution in [0.4, 0.5) is 4.39 Å². The van der Waals surface area contributed by atoms with Crippen LogP contribution in [0.25, 0.3) is 0 Å². The summed E-state index contributed by atoms with van der Waals surface area (Å²) in [6.07, 6.45) is 1.68. The summed E-state index contributed by atoms with van der Waals surface area (Å²) in [5, 5.41) is 2.64. The second-order valence-electron chi connectivity index (χ2n) is 4.28. The molecule has 4 nitrogen and oxygen atoms in total. The van der Waals surface area contributed by atoms with Gasteiger partial charge in [0.05, 0.1) is 13.2 Å². The van der Waals surface area contributed by atoms with Crippen molar-refractivity contribution in [2.24, 2.45) is 0 Å². The summed E-state index contributed by atoms with van der Waals surface area (Å²) in [5.74, 6) is -0.789. The number of ether oxygens (including phenoxy) is 1. The van der Waals surface area contributed by atoms with Crippen LogP contribution in [-0.4, -0.2) is 29.9 Å². The Hall–Kier alpha value is -1.95. The van der Waals surface area contributed by atoms with E-state index in [1.165, 1.54) is 35.5 Å². The molecule has 0 aliphatic carbocycles. The number of benzene rings is 1. The van der Waals surface area contributed by atoms with Crippen molar-refractivity contribution >= 4 is 17.2 Å². The Morgan fingerprint density at radius 2 is 2.25 bits per heavy atom. The molecule has 1 heterocycles. The highest BCUT2D eigenvalue weighted by molar-refractivity contribution is 7.09. The van der Waals surface area contributed by atoms with Gasteiger partial charge in [0.25, 0.3) is 5.91 Å². The molecule has 0 radical (unpaired) electrons. The van der Waals surface area contributed by atoms with E-state index in [0.29, 0.717) is 0 Å². The molecule has 20 heavy (non-hydrogen) atoms. The maximum absolute atomic E-state index is 13.9. The zero-order valence-corrected chi connectivity index (χ0v) is 12.3. The predicted molar refractivity (Wildman–Crippen MR) is 75.6 cm³/mol. The molecule has 0 spiro atoms. The van der Waals surface area contributed by atoms with Gasteiger partial charge >= 0.3 is 0 Å². The smallest absolute Gasteiger partial charge is 0.260 e. The summed E-state index contributed by atoms with van der Waals surface area (Å²) in [7, 11) is 3.04. The fourth-order valence-electron chi connectivity index (χ4n) is 1.84. The van der Waals surface area contributed by atoms with Crippen LogP contribution in [0, 0.1) is 5.82 Å². The first-order chi connectivity index (χ1) is 9.56. The standard InChI is InChI=1S/C14H15FN2O2S/c1-9(13-16-7-8-20-13)17(2)14(18)12-10(15)5-4-6-11(12)19-3/h4-9H,1-3H3/t9-/m0/s1. The molecule has 1 amide bonds. The van der Waals surface area contributed by atoms with Gasteiger partial charge in [0.2, 0.25) is 0 Å². The predicted octanol–water partition coefficient (Wildman–Crippen LogP) is 3.12. The molecule has 2 rings (SSSR count). The molecule has 0 bridgehead atoms. The Bertz CT molecular complexity index is 601. The summed E-state index contributed by atoms with van der Waals surface area (Å²) in [6.45, 7) is 1.85. The minimum atomic E-state index is -0.590. The molecule has 2 aromatic rings. The van der Waals surface area contributed by atoms with Crippen molar-refractivity contribution in [3.05, 3.63) is 46.2 Å². The Morgan fingerprint density at radius 1 is 1.50 bits per heavy atom. The fraction of sp³-hybridized carbons (Fsp3) is 0.286. The number of halogens is 1. The number of carbonyl (C=O) groups excluding carboxylic acids is 1. The Kier molecular flexibility index (Phi) is 4.34. The number of amides is 1. The van der Waals surface area contributed by atoms with Gasteiger partial charge in [0.1, 0.15) is 22.1 Å². The lowest BCUT2D eigenvalue weighted by Gasteiger charge is -2.24. The molecule has 106 valence electrons. The van der Waals surface area contributed by atoms with E-state index >= 15 is 0 Å². The van der Waals surface area contributed by atoms with Crippen molar-refractivity contribution in [2.75, 3.05) is 14.2 Å². The lowest BCUT2D eigenvalue weighted by molar-refractivity contribution is 0.0734. The van der Waals surface area contributed by atoms with E-state index in [1.54, 1.807) is 19.3 Å². The average Bonchev–Trinajstić information content (AvgIpc) is 2.98. The van der Waals surface area contributed by atoms with E-state index in [0.717, 1.165) is 5.01 Å². The van der Waals surface area contributed by atoms with E-state index < -0.39 is 11.7 Å². The van der Waals surface area contributed by atoms with Gasteiger partial charge in [-0.1, -0.05) is 6.07 Å². The lowest BCUT2D eigenvalue weighted by atomic mass is 10.1. The molecular weight excluding hydrogens is 279 g/mol. The largest absolute Gasteiger partial charge is 0.496 e. The first-order valence-corrected chi connectivity index (χ1v) is 6.93. The van der Waals surface area contributed by atoms with Crippen LogP contribution in [0.1, 0.15) is 28.3 Å². The number of methoxy groups -OCH3 is 1. The van der Waals surface area contributed by atoms with Gasteiger partial charge < -0.3 is 9.64 Å². The van der Waals surface area contributed by atoms with Crippen LogP contribution in [0.3, 0.4) is 0 Å². The quantitative estimate of drug-likeness (QED) is 0.870. The highest BCUT2D eigenvalue weighted by Crippen LogP contribution is 2.27. The van der Waals surface area contributed by atoms with Crippen LogP contribution >= 0.6 is 11.3 Å². The molecule has 0 saturated carbocycles. The summed E-state index contributed by atoms with van der Waals surface area (Å²) in [4.78, 5) is 18.1. The molecule has 1 aromatic heterocycles. The molecule has 0 N–H and O–H groups in total. The first kappa shape index (κ1) is 14.5. The molecule has 6 heteroatoms. The average molecular weight is 294 g/mol. The van der Waals surface area contributed by atoms with E-state index in [9.17, 15) is 9.18 Å². The summed E-state index contributed by atoms with van der Waals surface area (Å²) >= 11 is 1.46. The van der Waals surface area contributed by atoms with Crippen molar-refractivity contribution in [2.45, 2.75) is 13.0 Å². The minimum Gasteiger partial charge on any atom is -0.496 e. The van der Waals surface area contributed by atoms with Gasteiger partial charge in [-0.05, 0) is 19.1 Å². The highest BCUT2D eigenvalue weighted by Gasteiger charge is 2.25. The SMILES string of the molecule is COc1cccc(F)c1C(=O)N(C)[C@@H](C)c1nccs1. The van der Waals surface area contributed by atoms with Crippen LogP contribution in [0.15, 0.2) is 29.8 Å². The van der Waals surface area contributed by atoms with Gasteiger partial charge in [-0.25, -0.2) is 9.37 Å². The molecule has 0 saturated heterocycles. The Balaban J connectivity index is 2.32. The van der Waals surface area contributed by atoms with Crippen LogP contribution in [0.2, 0.25) is 0 Å². The highest BCUT2D eigenvalue weighted by atomic mass is 32.1. The maximum Gasteiger partial charge on any atom is 0.260 e. The second kappa shape index (κ2) is 6.00. The van der Waals surface area contributed by atoms with E-state index in [4.69, 9.17) is 4.74 Å². The Morgan fingerprint density at radius 3 is 2.85 bits per heavy atom.